The Kier molecular flexibility index (Phi) is 3.87. The van der Waals surface area contributed by atoms with Crippen LogP contribution >= 0.6 is 0 Å². The Morgan fingerprint density at radius 3 is 2.72 bits per heavy atom. The molecule has 6 nitrogen and oxygen atoms in total. The molecule has 1 aromatic carbocycles. The molecule has 148 valence electrons. The second kappa shape index (κ2) is 6.59. The van der Waals surface area contributed by atoms with E-state index in [2.05, 4.69) is 69.0 Å². The van der Waals surface area contributed by atoms with Gasteiger partial charge in [-0.15, -0.1) is 0 Å². The number of hydrogen-bond acceptors (Lipinski definition) is 5. The Morgan fingerprint density at radius 1 is 0.931 bits per heavy atom. The van der Waals surface area contributed by atoms with E-state index in [4.69, 9.17) is 9.97 Å². The van der Waals surface area contributed by atoms with Crippen LogP contribution in [-0.4, -0.2) is 58.5 Å². The molecule has 4 heterocycles. The molecule has 29 heavy (non-hydrogen) atoms. The summed E-state index contributed by atoms with van der Waals surface area (Å²) in [6.45, 7) is 4.28. The normalized spacial score (nSPS) is 18.6. The van der Waals surface area contributed by atoms with Crippen LogP contribution in [0.15, 0.2) is 42.5 Å². The minimum atomic E-state index is 0.558. The zero-order valence-electron chi connectivity index (χ0n) is 16.8. The molecule has 6 heteroatoms. The maximum Gasteiger partial charge on any atom is 0.166 e. The second-order valence-electron chi connectivity index (χ2n) is 8.46. The van der Waals surface area contributed by atoms with Gasteiger partial charge in [-0.3, -0.25) is 4.40 Å². The van der Waals surface area contributed by atoms with E-state index in [0.717, 1.165) is 54.5 Å². The van der Waals surface area contributed by atoms with Gasteiger partial charge < -0.3 is 15.1 Å². The minimum Gasteiger partial charge on any atom is -0.366 e. The van der Waals surface area contributed by atoms with Crippen LogP contribution < -0.4 is 10.2 Å². The molecule has 0 unspecified atom stereocenters. The smallest absolute Gasteiger partial charge is 0.166 e. The quantitative estimate of drug-likeness (QED) is 0.581. The molecule has 4 aromatic rings. The standard InChI is InChI=1S/C23H26N6/c1-27-11-4-12-28(14-13-27)21-10-9-18-23(26-21)29-19-6-3-2-5-16(19)15-20(29)22(25-18)24-17-7-8-17/h2-3,5-6,9-10,15,17H,4,7-8,11-14H2,1H3,(H,24,25). The number of fused-ring (bicyclic) bond motifs is 5. The van der Waals surface area contributed by atoms with Gasteiger partial charge in [0.25, 0.3) is 0 Å². The van der Waals surface area contributed by atoms with E-state index >= 15 is 0 Å². The number of nitrogens with one attached hydrogen (secondary N) is 1. The molecule has 0 spiro atoms. The third kappa shape index (κ3) is 2.99. The third-order valence-corrected chi connectivity index (χ3v) is 6.20. The van der Waals surface area contributed by atoms with E-state index in [9.17, 15) is 0 Å². The lowest BCUT2D eigenvalue weighted by Gasteiger charge is -2.22. The van der Waals surface area contributed by atoms with Gasteiger partial charge in [-0.2, -0.15) is 0 Å². The Bertz CT molecular complexity index is 1210. The first-order chi connectivity index (χ1) is 14.3. The van der Waals surface area contributed by atoms with Crippen molar-refractivity contribution in [1.29, 1.82) is 0 Å². The van der Waals surface area contributed by atoms with Crippen LogP contribution in [0.3, 0.4) is 0 Å². The van der Waals surface area contributed by atoms with Crippen molar-refractivity contribution in [2.45, 2.75) is 25.3 Å². The predicted octanol–water partition coefficient (Wildman–Crippen LogP) is 3.75. The van der Waals surface area contributed by atoms with Crippen molar-refractivity contribution in [2.24, 2.45) is 0 Å². The summed E-state index contributed by atoms with van der Waals surface area (Å²) in [6, 6.07) is 15.6. The van der Waals surface area contributed by atoms with Gasteiger partial charge in [0.05, 0.1) is 11.0 Å². The highest BCUT2D eigenvalue weighted by molar-refractivity contribution is 5.96. The Hall–Kier alpha value is -2.86. The van der Waals surface area contributed by atoms with Crippen LogP contribution in [0, 0.1) is 0 Å². The molecule has 0 amide bonds. The summed E-state index contributed by atoms with van der Waals surface area (Å²) >= 11 is 0. The van der Waals surface area contributed by atoms with Crippen LogP contribution in [-0.2, 0) is 0 Å². The molecule has 6 rings (SSSR count). The fraction of sp³-hybridized carbons (Fsp3) is 0.391. The van der Waals surface area contributed by atoms with Crippen molar-refractivity contribution in [1.82, 2.24) is 19.3 Å². The number of benzene rings is 1. The number of pyridine rings is 1. The average molecular weight is 387 g/mol. The van der Waals surface area contributed by atoms with Crippen LogP contribution in [0.4, 0.5) is 11.6 Å². The molecule has 2 fully saturated rings. The van der Waals surface area contributed by atoms with Crippen LogP contribution in [0.25, 0.3) is 27.6 Å². The lowest BCUT2D eigenvalue weighted by Crippen LogP contribution is -2.29. The zero-order valence-corrected chi connectivity index (χ0v) is 16.8. The number of hydrogen-bond donors (Lipinski definition) is 1. The highest BCUT2D eigenvalue weighted by Crippen LogP contribution is 2.32. The van der Waals surface area contributed by atoms with E-state index < -0.39 is 0 Å². The summed E-state index contributed by atoms with van der Waals surface area (Å²) < 4.78 is 2.29. The Morgan fingerprint density at radius 2 is 1.83 bits per heavy atom. The van der Waals surface area contributed by atoms with E-state index in [1.807, 2.05) is 0 Å². The first-order valence-electron chi connectivity index (χ1n) is 10.7. The number of para-hydroxylation sites is 1. The van der Waals surface area contributed by atoms with E-state index in [0.29, 0.717) is 6.04 Å². The van der Waals surface area contributed by atoms with Crippen LogP contribution in [0.1, 0.15) is 19.3 Å². The van der Waals surface area contributed by atoms with Gasteiger partial charge >= 0.3 is 0 Å². The molecular weight excluding hydrogens is 360 g/mol. The summed E-state index contributed by atoms with van der Waals surface area (Å²) in [4.78, 5) is 14.9. The molecular formula is C23H26N6. The van der Waals surface area contributed by atoms with Gasteiger partial charge in [0, 0.05) is 31.1 Å². The lowest BCUT2D eigenvalue weighted by molar-refractivity contribution is 0.360. The van der Waals surface area contributed by atoms with E-state index in [1.165, 1.54) is 30.2 Å². The van der Waals surface area contributed by atoms with Crippen LogP contribution in [0.5, 0.6) is 0 Å². The molecule has 2 aliphatic rings. The fourth-order valence-corrected chi connectivity index (χ4v) is 4.40. The third-order valence-electron chi connectivity index (χ3n) is 6.20. The van der Waals surface area contributed by atoms with E-state index in [-0.39, 0.29) is 0 Å². The number of likely N-dealkylation sites (N-methyl/N-ethyl adjacent to an activating group) is 1. The monoisotopic (exact) mass is 386 g/mol. The molecule has 1 saturated carbocycles. The molecule has 0 atom stereocenters. The van der Waals surface area contributed by atoms with Gasteiger partial charge in [-0.05, 0) is 57.1 Å². The van der Waals surface area contributed by atoms with Crippen molar-refractivity contribution in [2.75, 3.05) is 43.4 Å². The fourth-order valence-electron chi connectivity index (χ4n) is 4.40. The van der Waals surface area contributed by atoms with Crippen molar-refractivity contribution in [3.8, 4) is 0 Å². The number of aromatic nitrogens is 3. The van der Waals surface area contributed by atoms with Crippen molar-refractivity contribution < 1.29 is 0 Å². The molecule has 1 aliphatic carbocycles. The summed E-state index contributed by atoms with van der Waals surface area (Å²) in [6.07, 6.45) is 3.62. The van der Waals surface area contributed by atoms with Gasteiger partial charge in [-0.25, -0.2) is 9.97 Å². The van der Waals surface area contributed by atoms with Gasteiger partial charge in [-0.1, -0.05) is 18.2 Å². The molecule has 1 saturated heterocycles. The Labute approximate surface area is 170 Å². The first kappa shape index (κ1) is 17.0. The number of nitrogens with zero attached hydrogens (tertiary/aromatic N) is 5. The maximum atomic E-state index is 5.13. The van der Waals surface area contributed by atoms with Crippen LogP contribution in [0.2, 0.25) is 0 Å². The molecule has 1 N–H and O–H groups in total. The summed E-state index contributed by atoms with van der Waals surface area (Å²) in [5.74, 6) is 2.03. The largest absolute Gasteiger partial charge is 0.366 e. The molecule has 3 aromatic heterocycles. The molecule has 1 aliphatic heterocycles. The lowest BCUT2D eigenvalue weighted by atomic mass is 10.2. The van der Waals surface area contributed by atoms with Gasteiger partial charge in [0.15, 0.2) is 11.5 Å². The molecule has 0 radical (unpaired) electrons. The maximum absolute atomic E-state index is 5.13. The second-order valence-corrected chi connectivity index (χ2v) is 8.46. The minimum absolute atomic E-state index is 0.558. The van der Waals surface area contributed by atoms with Gasteiger partial charge in [0.1, 0.15) is 11.3 Å². The highest BCUT2D eigenvalue weighted by Gasteiger charge is 2.24. The SMILES string of the molecule is CN1CCCN(c2ccc3nc(NC4CC4)c4cc5ccccc5n4c3n2)CC1. The summed E-state index contributed by atoms with van der Waals surface area (Å²) in [7, 11) is 2.20. The zero-order chi connectivity index (χ0) is 19.4. The molecule has 0 bridgehead atoms. The number of rotatable bonds is 3. The first-order valence-corrected chi connectivity index (χ1v) is 10.7. The van der Waals surface area contributed by atoms with Crippen molar-refractivity contribution in [3.63, 3.8) is 0 Å². The van der Waals surface area contributed by atoms with Crippen molar-refractivity contribution in [3.05, 3.63) is 42.5 Å². The summed E-state index contributed by atoms with van der Waals surface area (Å²) in [5, 5.41) is 4.85. The summed E-state index contributed by atoms with van der Waals surface area (Å²) in [5.41, 5.74) is 4.19. The van der Waals surface area contributed by atoms with E-state index in [1.54, 1.807) is 0 Å². The Balaban J connectivity index is 1.56. The topological polar surface area (TPSA) is 48.7 Å². The average Bonchev–Trinajstić information content (AvgIpc) is 3.50. The van der Waals surface area contributed by atoms with Crippen molar-refractivity contribution >= 4 is 39.2 Å². The number of anilines is 2. The highest BCUT2D eigenvalue weighted by atomic mass is 15.2. The predicted molar refractivity (Wildman–Crippen MR) is 119 cm³/mol. The van der Waals surface area contributed by atoms with Gasteiger partial charge in [0.2, 0.25) is 0 Å².